The van der Waals surface area contributed by atoms with Gasteiger partial charge in [-0.2, -0.15) is 0 Å². The lowest BCUT2D eigenvalue weighted by Gasteiger charge is -2.05. The van der Waals surface area contributed by atoms with Crippen LogP contribution in [-0.4, -0.2) is 16.5 Å². The van der Waals surface area contributed by atoms with Crippen molar-refractivity contribution in [1.29, 1.82) is 0 Å². The van der Waals surface area contributed by atoms with E-state index in [1.54, 1.807) is 48.5 Å². The summed E-state index contributed by atoms with van der Waals surface area (Å²) in [5.41, 5.74) is 0.527. The molecule has 1 atom stereocenters. The van der Waals surface area contributed by atoms with Gasteiger partial charge < -0.3 is 5.32 Å². The number of anilines is 1. The molecule has 0 saturated heterocycles. The number of carbonyl (C=O) groups is 1. The molecule has 110 valence electrons. The highest BCUT2D eigenvalue weighted by molar-refractivity contribution is 7.93. The number of hydrogen-bond donors (Lipinski definition) is 1. The Morgan fingerprint density at radius 1 is 1.00 bits per heavy atom. The van der Waals surface area contributed by atoms with Crippen molar-refractivity contribution in [3.05, 3.63) is 58.6 Å². The molecule has 21 heavy (non-hydrogen) atoms. The summed E-state index contributed by atoms with van der Waals surface area (Å²) in [5, 5.41) is 3.62. The lowest BCUT2D eigenvalue weighted by Crippen LogP contribution is -2.10. The SMILES string of the molecule is C[S@@](=O)(=NC(=O)Nc1ccc(Cl)cc1)c1ccc(Cl)cc1. The minimum atomic E-state index is -2.83. The first-order chi connectivity index (χ1) is 9.87. The summed E-state index contributed by atoms with van der Waals surface area (Å²) in [7, 11) is -2.83. The monoisotopic (exact) mass is 342 g/mol. The number of urea groups is 1. The van der Waals surface area contributed by atoms with Crippen LogP contribution in [0.4, 0.5) is 10.5 Å². The Morgan fingerprint density at radius 2 is 1.48 bits per heavy atom. The molecular weight excluding hydrogens is 331 g/mol. The maximum Gasteiger partial charge on any atom is 0.353 e. The average molecular weight is 343 g/mol. The van der Waals surface area contributed by atoms with Gasteiger partial charge in [0.15, 0.2) is 0 Å². The number of carbonyl (C=O) groups excluding carboxylic acids is 1. The smallest absolute Gasteiger partial charge is 0.306 e. The maximum atomic E-state index is 12.5. The van der Waals surface area contributed by atoms with Gasteiger partial charge in [0.25, 0.3) is 0 Å². The molecule has 2 aromatic carbocycles. The minimum Gasteiger partial charge on any atom is -0.306 e. The minimum absolute atomic E-state index is 0.443. The number of hydrogen-bond acceptors (Lipinski definition) is 2. The summed E-state index contributed by atoms with van der Waals surface area (Å²) in [6.07, 6.45) is 1.40. The van der Waals surface area contributed by atoms with Crippen LogP contribution in [0.5, 0.6) is 0 Å². The molecule has 4 nitrogen and oxygen atoms in total. The van der Waals surface area contributed by atoms with Gasteiger partial charge in [-0.15, -0.1) is 4.36 Å². The molecule has 2 amide bonds. The third-order valence-corrected chi connectivity index (χ3v) is 4.77. The van der Waals surface area contributed by atoms with Crippen LogP contribution >= 0.6 is 23.2 Å². The van der Waals surface area contributed by atoms with E-state index in [2.05, 4.69) is 9.68 Å². The molecule has 1 N–H and O–H groups in total. The van der Waals surface area contributed by atoms with Gasteiger partial charge in [0.05, 0.1) is 9.73 Å². The van der Waals surface area contributed by atoms with Gasteiger partial charge in [-0.25, -0.2) is 9.00 Å². The third-order valence-electron chi connectivity index (χ3n) is 2.60. The molecule has 0 aliphatic carbocycles. The summed E-state index contributed by atoms with van der Waals surface area (Å²) in [5.74, 6) is 0. The molecule has 0 fully saturated rings. The van der Waals surface area contributed by atoms with Crippen LogP contribution in [0.1, 0.15) is 0 Å². The van der Waals surface area contributed by atoms with E-state index in [0.717, 1.165) is 0 Å². The van der Waals surface area contributed by atoms with Crippen LogP contribution in [-0.2, 0) is 9.73 Å². The summed E-state index contributed by atoms with van der Waals surface area (Å²) < 4.78 is 16.2. The third kappa shape index (κ3) is 4.46. The molecule has 0 bridgehead atoms. The van der Waals surface area contributed by atoms with E-state index in [0.29, 0.717) is 20.6 Å². The van der Waals surface area contributed by atoms with Crippen molar-refractivity contribution in [3.63, 3.8) is 0 Å². The molecule has 2 aromatic rings. The molecule has 0 unspecified atom stereocenters. The van der Waals surface area contributed by atoms with Crippen LogP contribution in [0.2, 0.25) is 10.0 Å². The highest BCUT2D eigenvalue weighted by atomic mass is 35.5. The highest BCUT2D eigenvalue weighted by Gasteiger charge is 2.09. The normalized spacial score (nSPS) is 13.3. The maximum absolute atomic E-state index is 12.5. The van der Waals surface area contributed by atoms with Crippen molar-refractivity contribution in [2.45, 2.75) is 4.90 Å². The van der Waals surface area contributed by atoms with E-state index in [-0.39, 0.29) is 0 Å². The molecule has 0 aliphatic rings. The standard InChI is InChI=1S/C14H12Cl2N2O2S/c1-21(20,13-8-4-11(16)5-9-13)18-14(19)17-12-6-2-10(15)3-7-12/h2-9H,1H3,(H,17,19)/t21-/m0/s1. The lowest BCUT2D eigenvalue weighted by molar-refractivity contribution is 0.260. The number of rotatable bonds is 2. The Morgan fingerprint density at radius 3 is 2.00 bits per heavy atom. The van der Waals surface area contributed by atoms with Gasteiger partial charge in [0.2, 0.25) is 0 Å². The second kappa shape index (κ2) is 6.47. The lowest BCUT2D eigenvalue weighted by atomic mass is 10.3. The summed E-state index contributed by atoms with van der Waals surface area (Å²) in [6.45, 7) is 0. The average Bonchev–Trinajstić information content (AvgIpc) is 2.41. The van der Waals surface area contributed by atoms with Crippen molar-refractivity contribution in [1.82, 2.24) is 0 Å². The van der Waals surface area contributed by atoms with Gasteiger partial charge in [-0.1, -0.05) is 23.2 Å². The second-order valence-corrected chi connectivity index (χ2v) is 7.42. The van der Waals surface area contributed by atoms with Gasteiger partial charge >= 0.3 is 6.03 Å². The molecule has 0 aliphatic heterocycles. The summed E-state index contributed by atoms with van der Waals surface area (Å²) in [4.78, 5) is 12.3. The quantitative estimate of drug-likeness (QED) is 0.860. The molecule has 0 saturated carbocycles. The van der Waals surface area contributed by atoms with Crippen molar-refractivity contribution in [2.24, 2.45) is 4.36 Å². The molecule has 2 rings (SSSR count). The molecule has 0 heterocycles. The van der Waals surface area contributed by atoms with E-state index < -0.39 is 15.8 Å². The molecule has 7 heteroatoms. The van der Waals surface area contributed by atoms with Gasteiger partial charge in [0.1, 0.15) is 0 Å². The molecule has 0 radical (unpaired) electrons. The number of halogens is 2. The molecule has 0 aromatic heterocycles. The topological polar surface area (TPSA) is 58.5 Å². The fourth-order valence-electron chi connectivity index (χ4n) is 1.58. The zero-order valence-corrected chi connectivity index (χ0v) is 13.4. The first-order valence-electron chi connectivity index (χ1n) is 5.91. The van der Waals surface area contributed by atoms with Crippen LogP contribution in [0.15, 0.2) is 57.8 Å². The Labute approximate surface area is 133 Å². The predicted molar refractivity (Wildman–Crippen MR) is 86.7 cm³/mol. The first kappa shape index (κ1) is 15.8. The highest BCUT2D eigenvalue weighted by Crippen LogP contribution is 2.17. The van der Waals surface area contributed by atoms with Crippen molar-refractivity contribution in [3.8, 4) is 0 Å². The van der Waals surface area contributed by atoms with Crippen LogP contribution in [0, 0.1) is 0 Å². The number of nitrogens with one attached hydrogen (secondary N) is 1. The van der Waals surface area contributed by atoms with E-state index in [1.807, 2.05) is 0 Å². The fraction of sp³-hybridized carbons (Fsp3) is 0.0714. The van der Waals surface area contributed by atoms with E-state index >= 15 is 0 Å². The fourth-order valence-corrected chi connectivity index (χ4v) is 2.94. The molecular formula is C14H12Cl2N2O2S. The number of nitrogens with zero attached hydrogens (tertiary/aromatic N) is 1. The second-order valence-electron chi connectivity index (χ2n) is 4.28. The van der Waals surface area contributed by atoms with E-state index in [9.17, 15) is 9.00 Å². The molecule has 0 spiro atoms. The Hall–Kier alpha value is -1.56. The van der Waals surface area contributed by atoms with E-state index in [4.69, 9.17) is 23.2 Å². The van der Waals surface area contributed by atoms with Crippen LogP contribution < -0.4 is 5.32 Å². The summed E-state index contributed by atoms with van der Waals surface area (Å²) >= 11 is 11.5. The van der Waals surface area contributed by atoms with E-state index in [1.165, 1.54) is 6.26 Å². The Bertz CT molecular complexity index is 765. The Balaban J connectivity index is 2.21. The largest absolute Gasteiger partial charge is 0.353 e. The number of amides is 2. The van der Waals surface area contributed by atoms with Crippen molar-refractivity contribution < 1.29 is 9.00 Å². The van der Waals surface area contributed by atoms with Gasteiger partial charge in [-0.05, 0) is 48.5 Å². The first-order valence-corrected chi connectivity index (χ1v) is 8.59. The zero-order chi connectivity index (χ0) is 15.5. The van der Waals surface area contributed by atoms with Crippen LogP contribution in [0.25, 0.3) is 0 Å². The zero-order valence-electron chi connectivity index (χ0n) is 11.0. The predicted octanol–water partition coefficient (Wildman–Crippen LogP) is 4.68. The van der Waals surface area contributed by atoms with Crippen LogP contribution in [0.3, 0.4) is 0 Å². The Kier molecular flexibility index (Phi) is 4.88. The van der Waals surface area contributed by atoms with Crippen molar-refractivity contribution in [2.75, 3.05) is 11.6 Å². The number of benzene rings is 2. The van der Waals surface area contributed by atoms with Crippen molar-refractivity contribution >= 4 is 44.6 Å². The van der Waals surface area contributed by atoms with Gasteiger partial charge in [0, 0.05) is 26.9 Å². The van der Waals surface area contributed by atoms with Gasteiger partial charge in [-0.3, -0.25) is 0 Å². The summed E-state index contributed by atoms with van der Waals surface area (Å²) in [6, 6.07) is 12.2.